The normalized spacial score (nSPS) is 12.5. The molecule has 0 radical (unpaired) electrons. The standard InChI is InChI=1S/C17H15F2N3/c1-2-13(18)16-9-15(21-17(20)22-16)12-7-8-14(19)11-6-4-3-5-10(11)12/h3-9,13H,2H2,1H3,(H2,20,21,22). The highest BCUT2D eigenvalue weighted by Crippen LogP contribution is 2.31. The van der Waals surface area contributed by atoms with Gasteiger partial charge >= 0.3 is 0 Å². The number of nitrogen functional groups attached to an aromatic ring is 1. The predicted molar refractivity (Wildman–Crippen MR) is 83.5 cm³/mol. The van der Waals surface area contributed by atoms with E-state index in [1.54, 1.807) is 37.3 Å². The lowest BCUT2D eigenvalue weighted by atomic mass is 10.0. The summed E-state index contributed by atoms with van der Waals surface area (Å²) in [6.07, 6.45) is -0.893. The van der Waals surface area contributed by atoms with Gasteiger partial charge < -0.3 is 5.73 Å². The maximum Gasteiger partial charge on any atom is 0.220 e. The third-order valence-electron chi connectivity index (χ3n) is 3.59. The fourth-order valence-electron chi connectivity index (χ4n) is 2.48. The molecule has 1 heterocycles. The average molecular weight is 299 g/mol. The molecule has 3 rings (SSSR count). The summed E-state index contributed by atoms with van der Waals surface area (Å²) in [5.74, 6) is -0.296. The van der Waals surface area contributed by atoms with Crippen molar-refractivity contribution in [1.29, 1.82) is 0 Å². The maximum absolute atomic E-state index is 13.9. The van der Waals surface area contributed by atoms with E-state index in [4.69, 9.17) is 5.73 Å². The van der Waals surface area contributed by atoms with E-state index in [-0.39, 0.29) is 17.5 Å². The van der Waals surface area contributed by atoms with E-state index in [1.165, 1.54) is 6.07 Å². The van der Waals surface area contributed by atoms with Crippen LogP contribution in [0.3, 0.4) is 0 Å². The molecule has 22 heavy (non-hydrogen) atoms. The number of halogens is 2. The summed E-state index contributed by atoms with van der Waals surface area (Å²) in [5.41, 5.74) is 7.15. The van der Waals surface area contributed by atoms with Crippen molar-refractivity contribution < 1.29 is 8.78 Å². The lowest BCUT2D eigenvalue weighted by molar-refractivity contribution is 0.327. The van der Waals surface area contributed by atoms with Gasteiger partial charge in [-0.2, -0.15) is 0 Å². The summed E-state index contributed by atoms with van der Waals surface area (Å²) in [7, 11) is 0. The third kappa shape index (κ3) is 2.50. The molecular formula is C17H15F2N3. The number of hydrogen-bond acceptors (Lipinski definition) is 3. The second-order valence-electron chi connectivity index (χ2n) is 5.05. The molecule has 112 valence electrons. The van der Waals surface area contributed by atoms with Crippen LogP contribution in [0.2, 0.25) is 0 Å². The zero-order chi connectivity index (χ0) is 15.7. The zero-order valence-corrected chi connectivity index (χ0v) is 12.1. The minimum Gasteiger partial charge on any atom is -0.368 e. The van der Waals surface area contributed by atoms with E-state index in [0.29, 0.717) is 28.5 Å². The van der Waals surface area contributed by atoms with Crippen LogP contribution in [0.1, 0.15) is 25.2 Å². The van der Waals surface area contributed by atoms with Gasteiger partial charge in [-0.1, -0.05) is 31.2 Å². The molecule has 2 N–H and O–H groups in total. The second kappa shape index (κ2) is 5.67. The van der Waals surface area contributed by atoms with E-state index < -0.39 is 6.17 Å². The smallest absolute Gasteiger partial charge is 0.220 e. The molecule has 0 saturated heterocycles. The Morgan fingerprint density at radius 1 is 1.09 bits per heavy atom. The third-order valence-corrected chi connectivity index (χ3v) is 3.59. The lowest BCUT2D eigenvalue weighted by Crippen LogP contribution is -2.03. The summed E-state index contributed by atoms with van der Waals surface area (Å²) in [6, 6.07) is 11.7. The van der Waals surface area contributed by atoms with Gasteiger partial charge in [-0.25, -0.2) is 18.7 Å². The van der Waals surface area contributed by atoms with E-state index >= 15 is 0 Å². The van der Waals surface area contributed by atoms with Gasteiger partial charge in [0.15, 0.2) is 0 Å². The molecule has 2 aromatic carbocycles. The van der Waals surface area contributed by atoms with Crippen LogP contribution >= 0.6 is 0 Å². The molecule has 0 aliphatic rings. The molecule has 0 aliphatic heterocycles. The van der Waals surface area contributed by atoms with Crippen LogP contribution in [0.4, 0.5) is 14.7 Å². The topological polar surface area (TPSA) is 51.8 Å². The van der Waals surface area contributed by atoms with Crippen molar-refractivity contribution in [1.82, 2.24) is 9.97 Å². The van der Waals surface area contributed by atoms with Crippen LogP contribution < -0.4 is 5.73 Å². The van der Waals surface area contributed by atoms with Crippen LogP contribution in [0.5, 0.6) is 0 Å². The first-order chi connectivity index (χ1) is 10.6. The molecule has 0 saturated carbocycles. The Morgan fingerprint density at radius 3 is 2.55 bits per heavy atom. The average Bonchev–Trinajstić information content (AvgIpc) is 2.54. The minimum absolute atomic E-state index is 0.0111. The number of hydrogen-bond donors (Lipinski definition) is 1. The Kier molecular flexibility index (Phi) is 3.71. The van der Waals surface area contributed by atoms with Gasteiger partial charge in [0, 0.05) is 10.9 Å². The van der Waals surface area contributed by atoms with Crippen molar-refractivity contribution in [3.63, 3.8) is 0 Å². The lowest BCUT2D eigenvalue weighted by Gasteiger charge is -2.11. The van der Waals surface area contributed by atoms with Crippen LogP contribution in [-0.2, 0) is 0 Å². The Morgan fingerprint density at radius 2 is 1.82 bits per heavy atom. The van der Waals surface area contributed by atoms with Gasteiger partial charge in [0.2, 0.25) is 5.95 Å². The quantitative estimate of drug-likeness (QED) is 0.778. The molecule has 0 spiro atoms. The van der Waals surface area contributed by atoms with Crippen molar-refractivity contribution in [2.24, 2.45) is 0 Å². The van der Waals surface area contributed by atoms with Crippen molar-refractivity contribution in [3.8, 4) is 11.3 Å². The minimum atomic E-state index is -1.20. The first-order valence-electron chi connectivity index (χ1n) is 7.06. The highest BCUT2D eigenvalue weighted by molar-refractivity contribution is 5.96. The molecule has 0 amide bonds. The summed E-state index contributed by atoms with van der Waals surface area (Å²) in [6.45, 7) is 1.73. The van der Waals surface area contributed by atoms with E-state index in [9.17, 15) is 8.78 Å². The van der Waals surface area contributed by atoms with Gasteiger partial charge in [-0.3, -0.25) is 0 Å². The predicted octanol–water partition coefficient (Wildman–Crippen LogP) is 4.44. The number of alkyl halides is 1. The second-order valence-corrected chi connectivity index (χ2v) is 5.05. The molecule has 0 fully saturated rings. The number of nitrogens with two attached hydrogens (primary N) is 1. The van der Waals surface area contributed by atoms with Crippen molar-refractivity contribution in [3.05, 3.63) is 54.0 Å². The van der Waals surface area contributed by atoms with Crippen LogP contribution in [0, 0.1) is 5.82 Å². The summed E-state index contributed by atoms with van der Waals surface area (Å²) in [5, 5.41) is 1.20. The van der Waals surface area contributed by atoms with Crippen molar-refractivity contribution in [2.75, 3.05) is 5.73 Å². The zero-order valence-electron chi connectivity index (χ0n) is 12.1. The number of fused-ring (bicyclic) bond motifs is 1. The molecule has 0 bridgehead atoms. The van der Waals surface area contributed by atoms with E-state index in [0.717, 1.165) is 0 Å². The Hall–Kier alpha value is -2.56. The van der Waals surface area contributed by atoms with Gasteiger partial charge in [-0.15, -0.1) is 0 Å². The maximum atomic E-state index is 13.9. The van der Waals surface area contributed by atoms with Gasteiger partial charge in [0.1, 0.15) is 12.0 Å². The van der Waals surface area contributed by atoms with Crippen LogP contribution in [0.25, 0.3) is 22.0 Å². The van der Waals surface area contributed by atoms with Crippen LogP contribution in [0.15, 0.2) is 42.5 Å². The number of nitrogens with zero attached hydrogens (tertiary/aromatic N) is 2. The Labute approximate surface area is 126 Å². The number of benzene rings is 2. The SMILES string of the molecule is CCC(F)c1cc(-c2ccc(F)c3ccccc23)nc(N)n1. The van der Waals surface area contributed by atoms with Crippen molar-refractivity contribution >= 4 is 16.7 Å². The molecule has 3 aromatic rings. The summed E-state index contributed by atoms with van der Waals surface area (Å²) < 4.78 is 27.8. The van der Waals surface area contributed by atoms with E-state index in [1.807, 2.05) is 6.07 Å². The van der Waals surface area contributed by atoms with Gasteiger partial charge in [0.25, 0.3) is 0 Å². The molecule has 0 aliphatic carbocycles. The van der Waals surface area contributed by atoms with Gasteiger partial charge in [0.05, 0.1) is 11.4 Å². The molecule has 5 heteroatoms. The first-order valence-corrected chi connectivity index (χ1v) is 7.06. The Bertz CT molecular complexity index is 833. The van der Waals surface area contributed by atoms with Crippen LogP contribution in [-0.4, -0.2) is 9.97 Å². The summed E-state index contributed by atoms with van der Waals surface area (Å²) in [4.78, 5) is 8.12. The van der Waals surface area contributed by atoms with Crippen molar-refractivity contribution in [2.45, 2.75) is 19.5 Å². The number of aromatic nitrogens is 2. The Balaban J connectivity index is 2.24. The van der Waals surface area contributed by atoms with Gasteiger partial charge in [-0.05, 0) is 30.0 Å². The largest absolute Gasteiger partial charge is 0.368 e. The number of rotatable bonds is 3. The number of anilines is 1. The first kappa shape index (κ1) is 14.4. The van der Waals surface area contributed by atoms with E-state index in [2.05, 4.69) is 9.97 Å². The molecule has 1 aromatic heterocycles. The molecule has 1 unspecified atom stereocenters. The molecule has 1 atom stereocenters. The fraction of sp³-hybridized carbons (Fsp3) is 0.176. The fourth-order valence-corrected chi connectivity index (χ4v) is 2.48. The molecular weight excluding hydrogens is 284 g/mol. The summed E-state index contributed by atoms with van der Waals surface area (Å²) >= 11 is 0. The highest BCUT2D eigenvalue weighted by atomic mass is 19.1. The highest BCUT2D eigenvalue weighted by Gasteiger charge is 2.15. The molecule has 3 nitrogen and oxygen atoms in total. The monoisotopic (exact) mass is 299 g/mol.